The molecule has 2 aliphatic heterocycles. The van der Waals surface area contributed by atoms with Crippen LogP contribution in [0, 0.1) is 11.3 Å². The Kier molecular flexibility index (Phi) is 6.17. The molecule has 5 rings (SSSR count). The second-order valence-electron chi connectivity index (χ2n) is 8.54. The van der Waals surface area contributed by atoms with Crippen molar-refractivity contribution in [1.82, 2.24) is 19.9 Å². The van der Waals surface area contributed by atoms with E-state index in [1.165, 1.54) is 30.6 Å². The Morgan fingerprint density at radius 1 is 1.25 bits per heavy atom. The van der Waals surface area contributed by atoms with Crippen molar-refractivity contribution in [3.05, 3.63) is 35.5 Å². The van der Waals surface area contributed by atoms with Gasteiger partial charge in [0.05, 0.1) is 23.1 Å². The van der Waals surface area contributed by atoms with Gasteiger partial charge in [0, 0.05) is 54.9 Å². The summed E-state index contributed by atoms with van der Waals surface area (Å²) in [6.07, 6.45) is 9.88. The number of aromatic nitrogens is 3. The molecule has 9 heteroatoms. The molecule has 0 radical (unpaired) electrons. The van der Waals surface area contributed by atoms with E-state index in [-0.39, 0.29) is 6.61 Å². The Bertz CT molecular complexity index is 1110. The summed E-state index contributed by atoms with van der Waals surface area (Å²) in [5, 5.41) is 27.0. The van der Waals surface area contributed by atoms with Crippen molar-refractivity contribution in [1.29, 1.82) is 5.26 Å². The van der Waals surface area contributed by atoms with Gasteiger partial charge < -0.3 is 15.7 Å². The van der Waals surface area contributed by atoms with Gasteiger partial charge in [-0.25, -0.2) is 9.97 Å². The second kappa shape index (κ2) is 9.36. The summed E-state index contributed by atoms with van der Waals surface area (Å²) in [6, 6.07) is 9.64. The molecule has 0 aliphatic carbocycles. The van der Waals surface area contributed by atoms with E-state index in [9.17, 15) is 5.11 Å². The van der Waals surface area contributed by atoms with Crippen LogP contribution in [0.15, 0.2) is 30.6 Å². The molecule has 0 saturated carbocycles. The number of nitrogens with one attached hydrogen (secondary N) is 2. The summed E-state index contributed by atoms with van der Waals surface area (Å²) < 4.78 is 0. The molecule has 2 unspecified atom stereocenters. The molecule has 166 valence electrons. The van der Waals surface area contributed by atoms with Crippen LogP contribution < -0.4 is 10.6 Å². The maximum atomic E-state index is 9.31. The number of aliphatic hydroxyl groups excluding tert-OH is 1. The van der Waals surface area contributed by atoms with E-state index in [1.807, 2.05) is 12.1 Å². The van der Waals surface area contributed by atoms with Gasteiger partial charge in [-0.2, -0.15) is 5.26 Å². The van der Waals surface area contributed by atoms with Crippen molar-refractivity contribution in [3.63, 3.8) is 0 Å². The summed E-state index contributed by atoms with van der Waals surface area (Å²) in [5.74, 6) is 1.52. The quantitative estimate of drug-likeness (QED) is 0.496. The van der Waals surface area contributed by atoms with Gasteiger partial charge in [0.25, 0.3) is 0 Å². The van der Waals surface area contributed by atoms with Gasteiger partial charge in [-0.15, -0.1) is 0 Å². The van der Waals surface area contributed by atoms with Crippen LogP contribution in [0.4, 0.5) is 16.8 Å². The largest absolute Gasteiger partial charge is 0.391 e. The lowest BCUT2D eigenvalue weighted by atomic mass is 9.81. The van der Waals surface area contributed by atoms with Gasteiger partial charge in [0.2, 0.25) is 0 Å². The Labute approximate surface area is 191 Å². The zero-order valence-electron chi connectivity index (χ0n) is 17.9. The number of rotatable bonds is 7. The van der Waals surface area contributed by atoms with E-state index in [4.69, 9.17) is 10.2 Å². The molecule has 3 N–H and O–H groups in total. The highest BCUT2D eigenvalue weighted by Gasteiger charge is 2.38. The highest BCUT2D eigenvalue weighted by atomic mass is 32.1. The molecule has 2 bridgehead atoms. The molecular formula is C23H27N7OS. The molecular weight excluding hydrogens is 422 g/mol. The molecule has 2 fully saturated rings. The summed E-state index contributed by atoms with van der Waals surface area (Å²) in [6.45, 7) is 0.862. The maximum Gasteiger partial charge on any atom is 0.188 e. The first-order valence-electron chi connectivity index (χ1n) is 11.2. The van der Waals surface area contributed by atoms with Gasteiger partial charge in [-0.1, -0.05) is 17.8 Å². The third-order valence-electron chi connectivity index (χ3n) is 6.49. The number of nitrogens with zero attached hydrogens (tertiary/aromatic N) is 5. The molecule has 2 saturated heterocycles. The fraction of sp³-hybridized carbons (Fsp3) is 0.478. The van der Waals surface area contributed by atoms with E-state index in [1.54, 1.807) is 12.4 Å². The summed E-state index contributed by atoms with van der Waals surface area (Å²) in [5.41, 5.74) is 0.873. The number of aliphatic hydroxyl groups is 1. The molecule has 0 aromatic carbocycles. The molecule has 0 spiro atoms. The minimum atomic E-state index is -0.0196. The Morgan fingerprint density at radius 3 is 2.84 bits per heavy atom. The van der Waals surface area contributed by atoms with Crippen LogP contribution in [-0.4, -0.2) is 49.6 Å². The third-order valence-corrected chi connectivity index (χ3v) is 7.39. The van der Waals surface area contributed by atoms with Crippen LogP contribution in [0.1, 0.15) is 43.4 Å². The summed E-state index contributed by atoms with van der Waals surface area (Å²) >= 11 is 1.41. The minimum Gasteiger partial charge on any atom is -0.391 e. The van der Waals surface area contributed by atoms with Crippen LogP contribution in [0.2, 0.25) is 0 Å². The van der Waals surface area contributed by atoms with Crippen molar-refractivity contribution < 1.29 is 5.11 Å². The smallest absolute Gasteiger partial charge is 0.188 e. The first-order valence-corrected chi connectivity index (χ1v) is 12.0. The highest BCUT2D eigenvalue weighted by Crippen LogP contribution is 2.36. The van der Waals surface area contributed by atoms with E-state index >= 15 is 0 Å². The van der Waals surface area contributed by atoms with E-state index in [2.05, 4.69) is 37.6 Å². The SMILES string of the molecule is N#CCCN1C2CCCC1CC(Nc1nc(Nc3ncc(CO)s3)cc3ncccc13)C2. The number of fused-ring (bicyclic) bond motifs is 3. The van der Waals surface area contributed by atoms with Crippen molar-refractivity contribution in [2.45, 2.75) is 63.3 Å². The average molecular weight is 450 g/mol. The van der Waals surface area contributed by atoms with Crippen LogP contribution in [0.3, 0.4) is 0 Å². The normalized spacial score (nSPS) is 23.1. The van der Waals surface area contributed by atoms with Gasteiger partial charge in [0.15, 0.2) is 5.13 Å². The molecule has 3 aromatic heterocycles. The molecule has 5 heterocycles. The molecule has 32 heavy (non-hydrogen) atoms. The first-order chi connectivity index (χ1) is 15.7. The minimum absolute atomic E-state index is 0.0196. The van der Waals surface area contributed by atoms with Crippen molar-refractivity contribution in [2.24, 2.45) is 0 Å². The molecule has 2 aliphatic rings. The monoisotopic (exact) mass is 449 g/mol. The Balaban J connectivity index is 1.38. The van der Waals surface area contributed by atoms with Gasteiger partial charge in [-0.05, 0) is 37.8 Å². The van der Waals surface area contributed by atoms with E-state index < -0.39 is 0 Å². The first kappa shape index (κ1) is 21.1. The number of piperidine rings is 2. The van der Waals surface area contributed by atoms with Crippen LogP contribution in [0.25, 0.3) is 10.9 Å². The second-order valence-corrected chi connectivity index (χ2v) is 9.65. The standard InChI is InChI=1S/C23H27N7OS/c24-7-3-9-30-16-4-1-5-17(30)11-15(10-16)27-22-19-6-2-8-25-20(19)12-21(28-22)29-23-26-13-18(14-31)32-23/h2,6,8,12-13,15-17,31H,1,3-5,9-11,14H2,(H2,26,27,28,29). The number of hydrogen-bond donors (Lipinski definition) is 3. The van der Waals surface area contributed by atoms with Crippen molar-refractivity contribution >= 4 is 39.0 Å². The number of pyridine rings is 2. The highest BCUT2D eigenvalue weighted by molar-refractivity contribution is 7.15. The number of thiazole rings is 1. The zero-order chi connectivity index (χ0) is 21.9. The zero-order valence-corrected chi connectivity index (χ0v) is 18.7. The molecule has 8 nitrogen and oxygen atoms in total. The number of hydrogen-bond acceptors (Lipinski definition) is 9. The van der Waals surface area contributed by atoms with Crippen LogP contribution in [0.5, 0.6) is 0 Å². The molecule has 3 aromatic rings. The van der Waals surface area contributed by atoms with Gasteiger partial charge in [0.1, 0.15) is 11.6 Å². The topological polar surface area (TPSA) is 110 Å². The number of anilines is 3. The fourth-order valence-corrected chi connectivity index (χ4v) is 5.81. The predicted octanol–water partition coefficient (Wildman–Crippen LogP) is 4.03. The van der Waals surface area contributed by atoms with Gasteiger partial charge >= 0.3 is 0 Å². The Morgan fingerprint density at radius 2 is 2.09 bits per heavy atom. The van der Waals surface area contributed by atoms with Gasteiger partial charge in [-0.3, -0.25) is 9.88 Å². The number of nitriles is 1. The van der Waals surface area contributed by atoms with Crippen molar-refractivity contribution in [3.8, 4) is 6.07 Å². The maximum absolute atomic E-state index is 9.31. The van der Waals surface area contributed by atoms with Crippen LogP contribution >= 0.6 is 11.3 Å². The molecule has 2 atom stereocenters. The third kappa shape index (κ3) is 4.39. The van der Waals surface area contributed by atoms with Crippen molar-refractivity contribution in [2.75, 3.05) is 17.2 Å². The predicted molar refractivity (Wildman–Crippen MR) is 126 cm³/mol. The lowest BCUT2D eigenvalue weighted by Gasteiger charge is -2.49. The molecule has 0 amide bonds. The average Bonchev–Trinajstić information content (AvgIpc) is 3.25. The van der Waals surface area contributed by atoms with E-state index in [0.29, 0.717) is 35.5 Å². The Hall–Kier alpha value is -2.80. The van der Waals surface area contributed by atoms with E-state index in [0.717, 1.165) is 41.0 Å². The fourth-order valence-electron chi connectivity index (χ4n) is 5.13. The lowest BCUT2D eigenvalue weighted by Crippen LogP contribution is -2.55. The lowest BCUT2D eigenvalue weighted by molar-refractivity contribution is 0.0370. The van der Waals surface area contributed by atoms with Crippen LogP contribution in [-0.2, 0) is 6.61 Å². The summed E-state index contributed by atoms with van der Waals surface area (Å²) in [7, 11) is 0. The summed E-state index contributed by atoms with van der Waals surface area (Å²) in [4.78, 5) is 17.1.